The number of carboxylic acid groups (broad SMARTS) is 1. The van der Waals surface area contributed by atoms with Crippen LogP contribution < -0.4 is 11.1 Å². The highest BCUT2D eigenvalue weighted by molar-refractivity contribution is 6.31. The van der Waals surface area contributed by atoms with Crippen LogP contribution in [0.1, 0.15) is 67.2 Å². The third-order valence-electron chi connectivity index (χ3n) is 8.37. The fourth-order valence-corrected chi connectivity index (χ4v) is 5.96. The molecule has 5 N–H and O–H groups in total. The van der Waals surface area contributed by atoms with Crippen molar-refractivity contribution in [2.45, 2.75) is 40.9 Å². The van der Waals surface area contributed by atoms with Crippen molar-refractivity contribution in [1.82, 2.24) is 65.0 Å². The summed E-state index contributed by atoms with van der Waals surface area (Å²) in [7, 11) is 1.28. The molecule has 0 radical (unpaired) electrons. The Labute approximate surface area is 352 Å². The fraction of sp³-hybridized carbons (Fsp3) is 0.179. The van der Waals surface area contributed by atoms with Crippen LogP contribution >= 0.6 is 23.2 Å². The Bertz CT molecular complexity index is 2750. The number of carbonyl (C=O) groups is 3. The maximum absolute atomic E-state index is 12.5. The molecule has 0 atom stereocenters. The zero-order valence-electron chi connectivity index (χ0n) is 31.5. The number of aromatic amines is 1. The molecule has 0 saturated heterocycles. The highest BCUT2D eigenvalue weighted by Crippen LogP contribution is 2.20. The van der Waals surface area contributed by atoms with E-state index in [-0.39, 0.29) is 30.8 Å². The average molecular weight is 854 g/mol. The summed E-state index contributed by atoms with van der Waals surface area (Å²) in [6.45, 7) is 5.04. The van der Waals surface area contributed by atoms with Crippen LogP contribution in [0.2, 0.25) is 10.0 Å². The number of fused-ring (bicyclic) bond motifs is 2. The molecule has 0 aliphatic carbocycles. The molecular formula is C39H38Cl2N14O5. The van der Waals surface area contributed by atoms with E-state index in [1.165, 1.54) is 30.8 Å². The number of nitrogens with one attached hydrogen (secondary N) is 2. The number of hydrogen-bond acceptors (Lipinski definition) is 14. The molecule has 19 nitrogen and oxygen atoms in total. The minimum atomic E-state index is -1.14. The van der Waals surface area contributed by atoms with Gasteiger partial charge in [-0.2, -0.15) is 5.10 Å². The molecule has 0 bridgehead atoms. The van der Waals surface area contributed by atoms with Gasteiger partial charge in [0.15, 0.2) is 0 Å². The molecule has 0 aliphatic heterocycles. The normalized spacial score (nSPS) is 10.5. The van der Waals surface area contributed by atoms with Crippen LogP contribution in [0.5, 0.6) is 0 Å². The Morgan fingerprint density at radius 3 is 1.88 bits per heavy atom. The monoisotopic (exact) mass is 852 g/mol. The van der Waals surface area contributed by atoms with E-state index < -0.39 is 11.9 Å². The second-order valence-electron chi connectivity index (χ2n) is 12.6. The Balaban J connectivity index is 0.000000195. The third kappa shape index (κ3) is 11.4. The number of carboxylic acids is 1. The minimum absolute atomic E-state index is 0. The van der Waals surface area contributed by atoms with Gasteiger partial charge in [-0.05, 0) is 78.6 Å². The van der Waals surface area contributed by atoms with Gasteiger partial charge in [0, 0.05) is 35.4 Å². The van der Waals surface area contributed by atoms with E-state index in [9.17, 15) is 14.4 Å². The van der Waals surface area contributed by atoms with Crippen LogP contribution in [-0.4, -0.2) is 89.7 Å². The van der Waals surface area contributed by atoms with E-state index in [4.69, 9.17) is 34.0 Å². The number of halogens is 2. The molecule has 0 aliphatic rings. The first-order valence-corrected chi connectivity index (χ1v) is 18.2. The molecule has 6 aromatic heterocycles. The lowest BCUT2D eigenvalue weighted by Gasteiger charge is -2.10. The number of aromatic carboxylic acids is 1. The summed E-state index contributed by atoms with van der Waals surface area (Å²) in [6, 6.07) is 17.1. The molecular weight excluding hydrogens is 815 g/mol. The molecule has 0 fully saturated rings. The summed E-state index contributed by atoms with van der Waals surface area (Å²) in [4.78, 5) is 57.8. The maximum atomic E-state index is 12.5. The number of hydrogen-bond donors (Lipinski definition) is 4. The first-order chi connectivity index (χ1) is 28.3. The van der Waals surface area contributed by atoms with Gasteiger partial charge in [-0.3, -0.25) is 19.9 Å². The lowest BCUT2D eigenvalue weighted by Crippen LogP contribution is -2.25. The van der Waals surface area contributed by atoms with Crippen molar-refractivity contribution in [3.63, 3.8) is 0 Å². The predicted molar refractivity (Wildman–Crippen MR) is 222 cm³/mol. The summed E-state index contributed by atoms with van der Waals surface area (Å²) in [5.41, 5.74) is 12.1. The zero-order chi connectivity index (χ0) is 42.1. The van der Waals surface area contributed by atoms with Gasteiger partial charge in [0.1, 0.15) is 24.8 Å². The number of esters is 1. The molecule has 0 unspecified atom stereocenters. The van der Waals surface area contributed by atoms with Gasteiger partial charge >= 0.3 is 11.9 Å². The lowest BCUT2D eigenvalue weighted by atomic mass is 10.1. The second-order valence-corrected chi connectivity index (χ2v) is 13.5. The summed E-state index contributed by atoms with van der Waals surface area (Å²) >= 11 is 11.9. The first-order valence-electron chi connectivity index (χ1n) is 17.4. The van der Waals surface area contributed by atoms with Gasteiger partial charge in [-0.15, -0.1) is 10.2 Å². The molecule has 1 amide bonds. The van der Waals surface area contributed by atoms with Crippen molar-refractivity contribution >= 4 is 68.7 Å². The molecule has 2 aromatic carbocycles. The number of nitrogens with two attached hydrogens (primary N) is 1. The molecule has 21 heteroatoms. The number of ether oxygens (including phenoxy) is 1. The topological polar surface area (TPSA) is 260 Å². The molecule has 60 heavy (non-hydrogen) atoms. The van der Waals surface area contributed by atoms with Gasteiger partial charge in [0.25, 0.3) is 11.7 Å². The molecule has 6 heterocycles. The van der Waals surface area contributed by atoms with Crippen molar-refractivity contribution in [1.29, 1.82) is 0 Å². The van der Waals surface area contributed by atoms with Gasteiger partial charge < -0.3 is 20.9 Å². The summed E-state index contributed by atoms with van der Waals surface area (Å²) in [6.07, 6.45) is 7.39. The molecule has 0 spiro atoms. The van der Waals surface area contributed by atoms with Crippen LogP contribution in [0.15, 0.2) is 86.0 Å². The van der Waals surface area contributed by atoms with Crippen molar-refractivity contribution in [3.05, 3.63) is 141 Å². The van der Waals surface area contributed by atoms with Crippen molar-refractivity contribution in [2.24, 2.45) is 0 Å². The van der Waals surface area contributed by atoms with Crippen molar-refractivity contribution in [2.75, 3.05) is 12.8 Å². The Morgan fingerprint density at radius 2 is 1.38 bits per heavy atom. The number of pyridine rings is 3. The zero-order valence-corrected chi connectivity index (χ0v) is 33.0. The Morgan fingerprint density at radius 1 is 0.817 bits per heavy atom. The van der Waals surface area contributed by atoms with E-state index in [0.29, 0.717) is 35.5 Å². The minimum Gasteiger partial charge on any atom is -0.475 e. The highest BCUT2D eigenvalue weighted by atomic mass is 35.5. The van der Waals surface area contributed by atoms with Gasteiger partial charge in [-0.25, -0.2) is 38.9 Å². The fourth-order valence-electron chi connectivity index (χ4n) is 5.63. The molecule has 308 valence electrons. The first kappa shape index (κ1) is 43.7. The van der Waals surface area contributed by atoms with E-state index in [0.717, 1.165) is 49.8 Å². The molecule has 0 saturated carbocycles. The standard InChI is InChI=1S/C21H20ClN7O.C13H9ClN4O2.C4H5N3O2.CH4/c1-12-5-19(23)27-13(2)17(12)9-25-21(30)20-26-11-29(28-20)10-14-3-4-18-15(6-14)7-16(22)8-24-18;14-10-4-9-3-8(1-2-11(9)15-5-10)6-18-7-16-12(17-18)13(19)20;1-9-4(8)3-5-2-6-7-3;/h3-8,11H,9-10H2,1-2H3,(H2,23,27)(H,25,30);1-5,7H,6H2,(H,19,20);2H,1H3,(H,5,6,7);1H4. The number of anilines is 1. The third-order valence-corrected chi connectivity index (χ3v) is 8.79. The summed E-state index contributed by atoms with van der Waals surface area (Å²) < 4.78 is 7.42. The van der Waals surface area contributed by atoms with Gasteiger partial charge in [-0.1, -0.05) is 42.8 Å². The number of nitrogen functional groups attached to an aromatic ring is 1. The largest absolute Gasteiger partial charge is 0.475 e. The number of aromatic nitrogens is 12. The number of nitrogens with zero attached hydrogens (tertiary/aromatic N) is 11. The number of rotatable bonds is 9. The Hall–Kier alpha value is -7.38. The summed E-state index contributed by atoms with van der Waals surface area (Å²) in [5, 5.41) is 28.6. The number of methoxy groups -OCH3 is 1. The quantitative estimate of drug-likeness (QED) is 0.131. The van der Waals surface area contributed by atoms with Gasteiger partial charge in [0.05, 0.1) is 41.3 Å². The second kappa shape index (κ2) is 19.9. The predicted octanol–water partition coefficient (Wildman–Crippen LogP) is 5.51. The smallest absolute Gasteiger partial charge is 0.375 e. The number of H-pyrrole nitrogens is 1. The molecule has 8 rings (SSSR count). The number of carbonyl (C=O) groups excluding carboxylic acids is 2. The highest BCUT2D eigenvalue weighted by Gasteiger charge is 2.14. The van der Waals surface area contributed by atoms with Gasteiger partial charge in [0.2, 0.25) is 11.6 Å². The van der Waals surface area contributed by atoms with Crippen LogP contribution in [0.25, 0.3) is 21.8 Å². The SMILES string of the molecule is C.COC(=O)c1ncn[nH]1.Cc1cc(N)nc(C)c1CNC(=O)c1ncn(Cc2ccc3ncc(Cl)cc3c2)n1.O=C(O)c1ncn(Cc2ccc3ncc(Cl)cc3c2)n1. The summed E-state index contributed by atoms with van der Waals surface area (Å²) in [5.74, 6) is -1.51. The van der Waals surface area contributed by atoms with Crippen LogP contribution in [-0.2, 0) is 24.4 Å². The van der Waals surface area contributed by atoms with E-state index >= 15 is 0 Å². The van der Waals surface area contributed by atoms with Crippen LogP contribution in [0, 0.1) is 13.8 Å². The number of aryl methyl sites for hydroxylation is 2. The number of benzene rings is 2. The van der Waals surface area contributed by atoms with Crippen LogP contribution in [0.4, 0.5) is 5.82 Å². The molecule has 8 aromatic rings. The van der Waals surface area contributed by atoms with Crippen molar-refractivity contribution in [3.8, 4) is 0 Å². The van der Waals surface area contributed by atoms with E-state index in [2.05, 4.69) is 60.4 Å². The lowest BCUT2D eigenvalue weighted by molar-refractivity contribution is 0.0586. The average Bonchev–Trinajstić information content (AvgIpc) is 4.01. The van der Waals surface area contributed by atoms with E-state index in [1.54, 1.807) is 23.1 Å². The maximum Gasteiger partial charge on any atom is 0.375 e. The van der Waals surface area contributed by atoms with E-state index in [1.807, 2.05) is 62.4 Å². The van der Waals surface area contributed by atoms with Crippen molar-refractivity contribution < 1.29 is 24.2 Å². The Kier molecular flexibility index (Phi) is 14.5. The van der Waals surface area contributed by atoms with Crippen LogP contribution in [0.3, 0.4) is 0 Å². The number of amides is 1.